The normalized spacial score (nSPS) is 12.5. The molecule has 0 heterocycles. The van der Waals surface area contributed by atoms with Gasteiger partial charge in [-0.2, -0.15) is 0 Å². The summed E-state index contributed by atoms with van der Waals surface area (Å²) in [6.45, 7) is 9.65. The first kappa shape index (κ1) is 32.8. The molecule has 42 heavy (non-hydrogen) atoms. The van der Waals surface area contributed by atoms with Crippen molar-refractivity contribution in [2.75, 3.05) is 17.1 Å². The van der Waals surface area contributed by atoms with Crippen LogP contribution in [0.1, 0.15) is 55.9 Å². The van der Waals surface area contributed by atoms with Gasteiger partial charge in [0.05, 0.1) is 11.9 Å². The van der Waals surface area contributed by atoms with Crippen LogP contribution in [0.15, 0.2) is 72.8 Å². The van der Waals surface area contributed by atoms with Crippen LogP contribution in [0.5, 0.6) is 0 Å². The molecule has 0 fully saturated rings. The smallest absolute Gasteiger partial charge is 0.243 e. The number of carbonyl (C=O) groups is 2. The van der Waals surface area contributed by atoms with Gasteiger partial charge in [-0.1, -0.05) is 48.5 Å². The van der Waals surface area contributed by atoms with Crippen LogP contribution < -0.4 is 9.62 Å². The first-order valence-electron chi connectivity index (χ1n) is 14.1. The number of halogens is 1. The van der Waals surface area contributed by atoms with Crippen LogP contribution in [-0.2, 0) is 32.6 Å². The number of rotatable bonds is 12. The highest BCUT2D eigenvalue weighted by Crippen LogP contribution is 2.23. The van der Waals surface area contributed by atoms with Gasteiger partial charge in [0, 0.05) is 31.5 Å². The first-order chi connectivity index (χ1) is 19.6. The predicted molar refractivity (Wildman–Crippen MR) is 166 cm³/mol. The first-order valence-corrected chi connectivity index (χ1v) is 15.9. The van der Waals surface area contributed by atoms with Crippen molar-refractivity contribution in [3.8, 4) is 0 Å². The minimum atomic E-state index is -3.60. The van der Waals surface area contributed by atoms with Crippen molar-refractivity contribution >= 4 is 27.5 Å². The van der Waals surface area contributed by atoms with Crippen LogP contribution in [0.4, 0.5) is 10.1 Å². The highest BCUT2D eigenvalue weighted by molar-refractivity contribution is 7.92. The second-order valence-corrected chi connectivity index (χ2v) is 13.8. The largest absolute Gasteiger partial charge is 0.350 e. The minimum absolute atomic E-state index is 0.0199. The van der Waals surface area contributed by atoms with Crippen LogP contribution >= 0.6 is 0 Å². The number of anilines is 1. The lowest BCUT2D eigenvalue weighted by Crippen LogP contribution is -2.54. The van der Waals surface area contributed by atoms with E-state index in [1.54, 1.807) is 12.1 Å². The third-order valence-electron chi connectivity index (χ3n) is 6.68. The molecule has 0 saturated carbocycles. The summed E-state index contributed by atoms with van der Waals surface area (Å²) in [6, 6.07) is 20.1. The van der Waals surface area contributed by atoms with Crippen LogP contribution in [0, 0.1) is 19.7 Å². The zero-order valence-corrected chi connectivity index (χ0v) is 26.2. The third-order valence-corrected chi connectivity index (χ3v) is 7.88. The molecule has 3 rings (SSSR count). The molecule has 0 aliphatic heterocycles. The average molecular weight is 596 g/mol. The van der Waals surface area contributed by atoms with E-state index in [1.165, 1.54) is 21.3 Å². The summed E-state index contributed by atoms with van der Waals surface area (Å²) in [7, 11) is -3.60. The van der Waals surface area contributed by atoms with Crippen LogP contribution in [-0.4, -0.2) is 49.5 Å². The molecule has 3 aromatic carbocycles. The number of nitrogens with zero attached hydrogens (tertiary/aromatic N) is 2. The molecule has 0 aliphatic rings. The van der Waals surface area contributed by atoms with Crippen molar-refractivity contribution in [3.63, 3.8) is 0 Å². The molecule has 0 aromatic heterocycles. The lowest BCUT2D eigenvalue weighted by Gasteiger charge is -2.34. The highest BCUT2D eigenvalue weighted by atomic mass is 32.2. The summed E-state index contributed by atoms with van der Waals surface area (Å²) in [4.78, 5) is 29.1. The van der Waals surface area contributed by atoms with E-state index in [1.807, 2.05) is 83.1 Å². The minimum Gasteiger partial charge on any atom is -0.350 e. The van der Waals surface area contributed by atoms with Crippen molar-refractivity contribution in [3.05, 3.63) is 101 Å². The molecule has 0 saturated heterocycles. The molecule has 7 nitrogen and oxygen atoms in total. The average Bonchev–Trinajstić information content (AvgIpc) is 2.88. The molecule has 1 atom stereocenters. The molecule has 0 spiro atoms. The third kappa shape index (κ3) is 9.98. The van der Waals surface area contributed by atoms with E-state index in [9.17, 15) is 22.4 Å². The van der Waals surface area contributed by atoms with Gasteiger partial charge >= 0.3 is 0 Å². The molecule has 0 radical (unpaired) electrons. The second-order valence-electron chi connectivity index (χ2n) is 11.9. The summed E-state index contributed by atoms with van der Waals surface area (Å²) >= 11 is 0. The van der Waals surface area contributed by atoms with E-state index >= 15 is 0 Å². The molecule has 1 N–H and O–H groups in total. The Morgan fingerprint density at radius 1 is 0.905 bits per heavy atom. The molecular formula is C33H42FN3O4S. The number of nitrogens with one attached hydrogen (secondary N) is 1. The van der Waals surface area contributed by atoms with Gasteiger partial charge in [0.2, 0.25) is 21.8 Å². The maximum Gasteiger partial charge on any atom is 0.243 e. The van der Waals surface area contributed by atoms with Gasteiger partial charge in [0.1, 0.15) is 11.9 Å². The van der Waals surface area contributed by atoms with Gasteiger partial charge in [-0.15, -0.1) is 0 Å². The Hall–Kier alpha value is -3.72. The van der Waals surface area contributed by atoms with E-state index < -0.39 is 27.4 Å². The number of carbonyl (C=O) groups excluding carboxylic acids is 2. The van der Waals surface area contributed by atoms with Gasteiger partial charge in [0.15, 0.2) is 0 Å². The van der Waals surface area contributed by atoms with Crippen molar-refractivity contribution in [1.29, 1.82) is 0 Å². The molecule has 9 heteroatoms. The van der Waals surface area contributed by atoms with E-state index in [0.29, 0.717) is 11.3 Å². The molecule has 0 unspecified atom stereocenters. The fourth-order valence-electron chi connectivity index (χ4n) is 4.89. The van der Waals surface area contributed by atoms with Crippen molar-refractivity contribution in [2.45, 2.75) is 72.0 Å². The van der Waals surface area contributed by atoms with Crippen molar-refractivity contribution < 1.29 is 22.4 Å². The number of hydrogen-bond donors (Lipinski definition) is 1. The quantitative estimate of drug-likeness (QED) is 0.298. The van der Waals surface area contributed by atoms with Gasteiger partial charge < -0.3 is 10.2 Å². The van der Waals surface area contributed by atoms with E-state index in [0.717, 1.165) is 22.9 Å². The van der Waals surface area contributed by atoms with Gasteiger partial charge in [-0.3, -0.25) is 13.9 Å². The van der Waals surface area contributed by atoms with E-state index in [-0.39, 0.29) is 44.2 Å². The molecule has 2 amide bonds. The van der Waals surface area contributed by atoms with Crippen LogP contribution in [0.3, 0.4) is 0 Å². The number of benzene rings is 3. The molecule has 0 aliphatic carbocycles. The number of amides is 2. The Balaban J connectivity index is 1.91. The van der Waals surface area contributed by atoms with Crippen LogP contribution in [0.25, 0.3) is 0 Å². The molecule has 0 bridgehead atoms. The van der Waals surface area contributed by atoms with Crippen molar-refractivity contribution in [1.82, 2.24) is 10.2 Å². The monoisotopic (exact) mass is 595 g/mol. The Morgan fingerprint density at radius 2 is 1.50 bits per heavy atom. The molecule has 3 aromatic rings. The standard InChI is InChI=1S/C33H42FN3O4S/c1-24-19-25(2)21-29(20-24)37(42(6,40)41)18-10-13-31(38)36(23-27-14-16-28(34)17-15-27)30(32(39)35-33(3,4)5)22-26-11-8-7-9-12-26/h7-9,11-12,14-17,19-21,30H,10,13,18,22-23H2,1-6H3,(H,35,39)/t30-/m1/s1. The van der Waals surface area contributed by atoms with Gasteiger partial charge in [-0.25, -0.2) is 12.8 Å². The second kappa shape index (κ2) is 14.0. The lowest BCUT2D eigenvalue weighted by molar-refractivity contribution is -0.142. The zero-order valence-electron chi connectivity index (χ0n) is 25.4. The maximum absolute atomic E-state index is 13.9. The number of hydrogen-bond acceptors (Lipinski definition) is 4. The maximum atomic E-state index is 13.9. The zero-order chi connectivity index (χ0) is 31.1. The summed E-state index contributed by atoms with van der Waals surface area (Å²) in [6.07, 6.45) is 1.71. The van der Waals surface area contributed by atoms with E-state index in [4.69, 9.17) is 0 Å². The summed E-state index contributed by atoms with van der Waals surface area (Å²) in [5, 5.41) is 3.02. The van der Waals surface area contributed by atoms with Gasteiger partial charge in [-0.05, 0) is 87.6 Å². The number of sulfonamides is 1. The van der Waals surface area contributed by atoms with E-state index in [2.05, 4.69) is 5.32 Å². The predicted octanol–water partition coefficient (Wildman–Crippen LogP) is 5.54. The van der Waals surface area contributed by atoms with Crippen molar-refractivity contribution in [2.24, 2.45) is 0 Å². The van der Waals surface area contributed by atoms with Gasteiger partial charge in [0.25, 0.3) is 0 Å². The molecular weight excluding hydrogens is 553 g/mol. The Kier molecular flexibility index (Phi) is 10.9. The fourth-order valence-corrected chi connectivity index (χ4v) is 5.84. The fraction of sp³-hybridized carbons (Fsp3) is 0.394. The topological polar surface area (TPSA) is 86.8 Å². The summed E-state index contributed by atoms with van der Waals surface area (Å²) in [5.74, 6) is -0.983. The number of aryl methyl sites for hydroxylation is 2. The summed E-state index contributed by atoms with van der Waals surface area (Å²) in [5.41, 5.74) is 3.47. The molecule has 226 valence electrons. The summed E-state index contributed by atoms with van der Waals surface area (Å²) < 4.78 is 40.4. The highest BCUT2D eigenvalue weighted by Gasteiger charge is 2.32. The SMILES string of the molecule is Cc1cc(C)cc(N(CCCC(=O)N(Cc2ccc(F)cc2)[C@H](Cc2ccccc2)C(=O)NC(C)(C)C)S(C)(=O)=O)c1. The Morgan fingerprint density at radius 3 is 2.05 bits per heavy atom. The Labute approximate surface area is 249 Å². The van der Waals surface area contributed by atoms with Crippen LogP contribution in [0.2, 0.25) is 0 Å². The lowest BCUT2D eigenvalue weighted by atomic mass is 10.00. The Bertz CT molecular complexity index is 1450.